The van der Waals surface area contributed by atoms with E-state index in [1.165, 1.54) is 22.4 Å². The Bertz CT molecular complexity index is 725. The van der Waals surface area contributed by atoms with Crippen molar-refractivity contribution in [3.05, 3.63) is 67.6 Å². The van der Waals surface area contributed by atoms with E-state index < -0.39 is 0 Å². The van der Waals surface area contributed by atoms with Crippen LogP contribution in [0.3, 0.4) is 0 Å². The van der Waals surface area contributed by atoms with Gasteiger partial charge in [-0.15, -0.1) is 0 Å². The van der Waals surface area contributed by atoms with Gasteiger partial charge in [0.2, 0.25) is 0 Å². The van der Waals surface area contributed by atoms with E-state index in [1.807, 2.05) is 19.2 Å². The van der Waals surface area contributed by atoms with Gasteiger partial charge in [0.05, 0.1) is 10.0 Å². The van der Waals surface area contributed by atoms with Crippen LogP contribution in [0.15, 0.2) is 45.9 Å². The van der Waals surface area contributed by atoms with Crippen LogP contribution in [0.2, 0.25) is 10.0 Å². The van der Waals surface area contributed by atoms with Crippen molar-refractivity contribution in [2.24, 2.45) is 4.99 Å². The fourth-order valence-electron chi connectivity index (χ4n) is 2.96. The molecule has 108 valence electrons. The quantitative estimate of drug-likeness (QED) is 0.564. The van der Waals surface area contributed by atoms with Crippen molar-refractivity contribution in [1.29, 1.82) is 0 Å². The van der Waals surface area contributed by atoms with Crippen molar-refractivity contribution < 1.29 is 0 Å². The lowest BCUT2D eigenvalue weighted by molar-refractivity contribution is 0.722. The molecule has 0 radical (unpaired) electrons. The topological polar surface area (TPSA) is 12.4 Å². The largest absolute Gasteiger partial charge is 0.292 e. The zero-order valence-corrected chi connectivity index (χ0v) is 14.6. The minimum Gasteiger partial charge on any atom is -0.292 e. The van der Waals surface area contributed by atoms with Gasteiger partial charge in [-0.3, -0.25) is 4.99 Å². The number of hydrogen-bond acceptors (Lipinski definition) is 1. The van der Waals surface area contributed by atoms with Gasteiger partial charge in [0.15, 0.2) is 0 Å². The van der Waals surface area contributed by atoms with E-state index >= 15 is 0 Å². The Balaban J connectivity index is 2.11. The first-order valence-corrected chi connectivity index (χ1v) is 8.35. The summed E-state index contributed by atoms with van der Waals surface area (Å²) >= 11 is 15.8. The molecule has 1 nitrogen and oxygen atoms in total. The van der Waals surface area contributed by atoms with E-state index in [1.54, 1.807) is 0 Å². The lowest BCUT2D eigenvalue weighted by atomic mass is 9.78. The lowest BCUT2D eigenvalue weighted by Gasteiger charge is -2.27. The van der Waals surface area contributed by atoms with Gasteiger partial charge in [-0.2, -0.15) is 0 Å². The Morgan fingerprint density at radius 1 is 1.10 bits per heavy atom. The Morgan fingerprint density at radius 2 is 1.90 bits per heavy atom. The third-order valence-corrected chi connectivity index (χ3v) is 5.22. The summed E-state index contributed by atoms with van der Waals surface area (Å²) in [6.45, 7) is 0. The molecule has 1 aliphatic rings. The van der Waals surface area contributed by atoms with Crippen LogP contribution in [0, 0.1) is 0 Å². The lowest BCUT2D eigenvalue weighted by Crippen LogP contribution is -2.17. The van der Waals surface area contributed by atoms with Crippen molar-refractivity contribution in [1.82, 2.24) is 0 Å². The van der Waals surface area contributed by atoms with E-state index in [0.29, 0.717) is 16.0 Å². The number of rotatable bonds is 1. The van der Waals surface area contributed by atoms with Gasteiger partial charge in [-0.1, -0.05) is 51.3 Å². The summed E-state index contributed by atoms with van der Waals surface area (Å²) in [6.07, 6.45) is 2.02. The second-order valence-corrected chi connectivity index (χ2v) is 6.90. The van der Waals surface area contributed by atoms with E-state index in [0.717, 1.165) is 17.3 Å². The number of halogens is 3. The molecule has 0 N–H and O–H groups in total. The highest BCUT2D eigenvalue weighted by Gasteiger charge is 2.25. The molecule has 0 amide bonds. The van der Waals surface area contributed by atoms with Gasteiger partial charge in [0.25, 0.3) is 0 Å². The Morgan fingerprint density at radius 3 is 2.62 bits per heavy atom. The first-order valence-electron chi connectivity index (χ1n) is 6.80. The highest BCUT2D eigenvalue weighted by molar-refractivity contribution is 9.10. The Labute approximate surface area is 143 Å². The molecule has 2 aromatic carbocycles. The standard InChI is InChI=1S/C17H14BrCl2N/c1-21-17-7-5-12(10-2-6-15(19)16(20)8-10)13-4-3-11(18)9-14(13)17/h2-4,6,8-9,12H,5,7H2,1H3/t12-/m0/s1. The summed E-state index contributed by atoms with van der Waals surface area (Å²) in [5.74, 6) is 0.341. The van der Waals surface area contributed by atoms with E-state index in [9.17, 15) is 0 Å². The molecule has 2 aromatic rings. The summed E-state index contributed by atoms with van der Waals surface area (Å²) < 4.78 is 1.08. The van der Waals surface area contributed by atoms with Gasteiger partial charge in [0, 0.05) is 28.7 Å². The SMILES string of the molecule is CN=C1CC[C@@H](c2ccc(Cl)c(Cl)c2)c2ccc(Br)cc21. The van der Waals surface area contributed by atoms with Crippen LogP contribution in [-0.4, -0.2) is 12.8 Å². The third-order valence-electron chi connectivity index (χ3n) is 3.99. The minimum atomic E-state index is 0.341. The smallest absolute Gasteiger partial charge is 0.0595 e. The van der Waals surface area contributed by atoms with Crippen molar-refractivity contribution in [2.45, 2.75) is 18.8 Å². The average Bonchev–Trinajstić information content (AvgIpc) is 2.49. The molecule has 3 rings (SSSR count). The van der Waals surface area contributed by atoms with Crippen LogP contribution >= 0.6 is 39.1 Å². The van der Waals surface area contributed by atoms with Crippen LogP contribution < -0.4 is 0 Å². The van der Waals surface area contributed by atoms with Gasteiger partial charge in [-0.05, 0) is 48.2 Å². The number of hydrogen-bond donors (Lipinski definition) is 0. The van der Waals surface area contributed by atoms with Gasteiger partial charge in [-0.25, -0.2) is 0 Å². The van der Waals surface area contributed by atoms with Gasteiger partial charge < -0.3 is 0 Å². The summed E-state index contributed by atoms with van der Waals surface area (Å²) in [4.78, 5) is 4.44. The number of fused-ring (bicyclic) bond motifs is 1. The monoisotopic (exact) mass is 381 g/mol. The predicted molar refractivity (Wildman–Crippen MR) is 94.1 cm³/mol. The Hall–Kier alpha value is -0.830. The number of benzene rings is 2. The molecule has 0 saturated heterocycles. The maximum atomic E-state index is 6.18. The van der Waals surface area contributed by atoms with Crippen molar-refractivity contribution in [3.63, 3.8) is 0 Å². The molecule has 4 heteroatoms. The highest BCUT2D eigenvalue weighted by Crippen LogP contribution is 2.39. The molecular formula is C17H14BrCl2N. The average molecular weight is 383 g/mol. The highest BCUT2D eigenvalue weighted by atomic mass is 79.9. The van der Waals surface area contributed by atoms with Crippen LogP contribution in [0.4, 0.5) is 0 Å². The minimum absolute atomic E-state index is 0.341. The maximum absolute atomic E-state index is 6.18. The summed E-state index contributed by atoms with van der Waals surface area (Å²) in [5, 5.41) is 1.21. The van der Waals surface area contributed by atoms with Crippen LogP contribution in [0.5, 0.6) is 0 Å². The normalized spacial score (nSPS) is 19.6. The third kappa shape index (κ3) is 2.90. The van der Waals surface area contributed by atoms with Crippen molar-refractivity contribution in [2.75, 3.05) is 7.05 Å². The molecule has 0 bridgehead atoms. The number of nitrogens with zero attached hydrogens (tertiary/aromatic N) is 1. The summed E-state index contributed by atoms with van der Waals surface area (Å²) in [5.41, 5.74) is 4.92. The molecule has 0 aromatic heterocycles. The van der Waals surface area contributed by atoms with Crippen LogP contribution in [-0.2, 0) is 0 Å². The molecule has 1 atom stereocenters. The molecule has 21 heavy (non-hydrogen) atoms. The molecule has 0 aliphatic heterocycles. The fraction of sp³-hybridized carbons (Fsp3) is 0.235. The van der Waals surface area contributed by atoms with E-state index in [2.05, 4.69) is 45.2 Å². The fourth-order valence-corrected chi connectivity index (χ4v) is 3.63. The molecule has 0 heterocycles. The first kappa shape index (κ1) is 15.1. The van der Waals surface area contributed by atoms with Crippen molar-refractivity contribution >= 4 is 44.8 Å². The zero-order chi connectivity index (χ0) is 15.0. The van der Waals surface area contributed by atoms with E-state index in [-0.39, 0.29) is 0 Å². The molecule has 0 spiro atoms. The second-order valence-electron chi connectivity index (χ2n) is 5.17. The molecular weight excluding hydrogens is 369 g/mol. The zero-order valence-electron chi connectivity index (χ0n) is 11.5. The molecule has 0 fully saturated rings. The van der Waals surface area contributed by atoms with Crippen LogP contribution in [0.1, 0.15) is 35.4 Å². The van der Waals surface area contributed by atoms with Gasteiger partial charge in [0.1, 0.15) is 0 Å². The maximum Gasteiger partial charge on any atom is 0.0595 e. The van der Waals surface area contributed by atoms with Gasteiger partial charge >= 0.3 is 0 Å². The summed E-state index contributed by atoms with van der Waals surface area (Å²) in [6, 6.07) is 12.3. The molecule has 0 saturated carbocycles. The predicted octanol–water partition coefficient (Wildman–Crippen LogP) is 6.10. The summed E-state index contributed by atoms with van der Waals surface area (Å²) in [7, 11) is 1.86. The van der Waals surface area contributed by atoms with Crippen molar-refractivity contribution in [3.8, 4) is 0 Å². The second kappa shape index (κ2) is 6.12. The van der Waals surface area contributed by atoms with E-state index in [4.69, 9.17) is 23.2 Å². The molecule has 0 unspecified atom stereocenters. The Kier molecular flexibility index (Phi) is 4.39. The number of aliphatic imine (C=N–C) groups is 1. The van der Waals surface area contributed by atoms with Crippen LogP contribution in [0.25, 0.3) is 0 Å². The first-order chi connectivity index (χ1) is 10.1. The molecule has 1 aliphatic carbocycles.